The number of aryl methyl sites for hydroxylation is 1. The molecule has 1 aromatic heterocycles. The van der Waals surface area contributed by atoms with Crippen molar-refractivity contribution in [1.29, 1.82) is 0 Å². The minimum absolute atomic E-state index is 0.331. The molecule has 16 heavy (non-hydrogen) atoms. The number of rotatable bonds is 3. The summed E-state index contributed by atoms with van der Waals surface area (Å²) in [6.07, 6.45) is 4.01. The normalized spacial score (nSPS) is 24.6. The Hall–Kier alpha value is -0.520. The molecule has 2 atom stereocenters. The first-order valence-electron chi connectivity index (χ1n) is 5.75. The Labute approximate surface area is 101 Å². The van der Waals surface area contributed by atoms with E-state index in [-0.39, 0.29) is 0 Å². The van der Waals surface area contributed by atoms with Crippen LogP contribution < -0.4 is 5.73 Å². The Morgan fingerprint density at radius 1 is 1.69 bits per heavy atom. The summed E-state index contributed by atoms with van der Waals surface area (Å²) in [6, 6.07) is 0.331. The van der Waals surface area contributed by atoms with Gasteiger partial charge in [-0.05, 0) is 0 Å². The maximum atomic E-state index is 5.90. The van der Waals surface area contributed by atoms with E-state index in [9.17, 15) is 0 Å². The Balaban J connectivity index is 2.09. The third-order valence-corrected chi connectivity index (χ3v) is 4.18. The van der Waals surface area contributed by atoms with E-state index in [1.54, 1.807) is 0 Å². The van der Waals surface area contributed by atoms with Crippen LogP contribution in [0.5, 0.6) is 0 Å². The molecule has 0 aliphatic carbocycles. The van der Waals surface area contributed by atoms with Crippen LogP contribution >= 0.6 is 11.8 Å². The van der Waals surface area contributed by atoms with Crippen molar-refractivity contribution in [2.24, 2.45) is 12.8 Å². The van der Waals surface area contributed by atoms with Crippen molar-refractivity contribution in [3.8, 4) is 0 Å². The Morgan fingerprint density at radius 2 is 2.50 bits per heavy atom. The summed E-state index contributed by atoms with van der Waals surface area (Å²) < 4.78 is 1.85. The van der Waals surface area contributed by atoms with Crippen LogP contribution in [0.4, 0.5) is 0 Å². The van der Waals surface area contributed by atoms with Gasteiger partial charge in [-0.1, -0.05) is 6.92 Å². The molecule has 2 heterocycles. The van der Waals surface area contributed by atoms with Gasteiger partial charge in [-0.25, -0.2) is 0 Å². The second kappa shape index (κ2) is 5.21. The van der Waals surface area contributed by atoms with Gasteiger partial charge in [-0.3, -0.25) is 9.58 Å². The third-order valence-electron chi connectivity index (χ3n) is 3.05. The van der Waals surface area contributed by atoms with Crippen LogP contribution in [-0.2, 0) is 7.05 Å². The van der Waals surface area contributed by atoms with Crippen molar-refractivity contribution < 1.29 is 0 Å². The van der Waals surface area contributed by atoms with Crippen molar-refractivity contribution in [1.82, 2.24) is 14.7 Å². The fourth-order valence-corrected chi connectivity index (χ4v) is 3.28. The average molecular weight is 240 g/mol. The fourth-order valence-electron chi connectivity index (χ4n) is 2.24. The number of thioether (sulfide) groups is 1. The lowest BCUT2D eigenvalue weighted by Crippen LogP contribution is -2.42. The zero-order valence-corrected chi connectivity index (χ0v) is 10.8. The lowest BCUT2D eigenvalue weighted by molar-refractivity contribution is 0.211. The van der Waals surface area contributed by atoms with Gasteiger partial charge in [0.2, 0.25) is 0 Å². The van der Waals surface area contributed by atoms with E-state index in [2.05, 4.69) is 23.1 Å². The SMILES string of the molecule is CC1CN(C(CN)c2cnn(C)c2)CCS1. The topological polar surface area (TPSA) is 47.1 Å². The number of nitrogens with zero attached hydrogens (tertiary/aromatic N) is 3. The molecule has 0 bridgehead atoms. The fraction of sp³-hybridized carbons (Fsp3) is 0.727. The summed E-state index contributed by atoms with van der Waals surface area (Å²) in [4.78, 5) is 2.48. The second-order valence-corrected chi connectivity index (χ2v) is 5.92. The van der Waals surface area contributed by atoms with Gasteiger partial charge >= 0.3 is 0 Å². The lowest BCUT2D eigenvalue weighted by Gasteiger charge is -2.36. The summed E-state index contributed by atoms with van der Waals surface area (Å²) in [7, 11) is 1.95. The molecule has 1 saturated heterocycles. The van der Waals surface area contributed by atoms with Crippen molar-refractivity contribution in [2.75, 3.05) is 25.4 Å². The van der Waals surface area contributed by atoms with Gasteiger partial charge in [-0.15, -0.1) is 0 Å². The monoisotopic (exact) mass is 240 g/mol. The van der Waals surface area contributed by atoms with E-state index < -0.39 is 0 Å². The molecule has 4 nitrogen and oxygen atoms in total. The van der Waals surface area contributed by atoms with Crippen molar-refractivity contribution in [3.05, 3.63) is 18.0 Å². The van der Waals surface area contributed by atoms with Gasteiger partial charge in [0.25, 0.3) is 0 Å². The van der Waals surface area contributed by atoms with Crippen LogP contribution in [0.1, 0.15) is 18.5 Å². The number of nitrogens with two attached hydrogens (primary N) is 1. The molecule has 2 rings (SSSR count). The van der Waals surface area contributed by atoms with Crippen LogP contribution in [0.2, 0.25) is 0 Å². The molecule has 1 aliphatic rings. The molecule has 2 N–H and O–H groups in total. The van der Waals surface area contributed by atoms with Gasteiger partial charge in [0, 0.05) is 49.4 Å². The van der Waals surface area contributed by atoms with Gasteiger partial charge in [0.15, 0.2) is 0 Å². The summed E-state index contributed by atoms with van der Waals surface area (Å²) in [5, 5.41) is 4.94. The lowest BCUT2D eigenvalue weighted by atomic mass is 10.1. The molecule has 1 fully saturated rings. The smallest absolute Gasteiger partial charge is 0.0538 e. The minimum Gasteiger partial charge on any atom is -0.329 e. The van der Waals surface area contributed by atoms with Crippen LogP contribution in [0.3, 0.4) is 0 Å². The number of hydrogen-bond donors (Lipinski definition) is 1. The van der Waals surface area contributed by atoms with E-state index in [1.807, 2.05) is 29.7 Å². The highest BCUT2D eigenvalue weighted by Gasteiger charge is 2.25. The predicted octanol–water partition coefficient (Wildman–Crippen LogP) is 0.857. The third kappa shape index (κ3) is 2.59. The maximum absolute atomic E-state index is 5.90. The molecule has 0 amide bonds. The summed E-state index contributed by atoms with van der Waals surface area (Å²) in [5.74, 6) is 1.21. The van der Waals surface area contributed by atoms with Gasteiger partial charge in [0.05, 0.1) is 12.2 Å². The van der Waals surface area contributed by atoms with Crippen LogP contribution in [-0.4, -0.2) is 45.3 Å². The van der Waals surface area contributed by atoms with Crippen LogP contribution in [0.15, 0.2) is 12.4 Å². The number of hydrogen-bond acceptors (Lipinski definition) is 4. The highest BCUT2D eigenvalue weighted by Crippen LogP contribution is 2.26. The van der Waals surface area contributed by atoms with E-state index in [1.165, 1.54) is 11.3 Å². The maximum Gasteiger partial charge on any atom is 0.0538 e. The van der Waals surface area contributed by atoms with Crippen LogP contribution in [0.25, 0.3) is 0 Å². The van der Waals surface area contributed by atoms with Crippen molar-refractivity contribution in [3.63, 3.8) is 0 Å². The molecular formula is C11H20N4S. The first-order chi connectivity index (χ1) is 7.70. The summed E-state index contributed by atoms with van der Waals surface area (Å²) in [5.41, 5.74) is 7.14. The second-order valence-electron chi connectivity index (χ2n) is 4.38. The van der Waals surface area contributed by atoms with Crippen molar-refractivity contribution in [2.45, 2.75) is 18.2 Å². The molecule has 0 saturated carbocycles. The predicted molar refractivity (Wildman–Crippen MR) is 68.5 cm³/mol. The largest absolute Gasteiger partial charge is 0.329 e. The molecule has 0 radical (unpaired) electrons. The molecule has 1 aliphatic heterocycles. The molecular weight excluding hydrogens is 220 g/mol. The Kier molecular flexibility index (Phi) is 3.89. The molecule has 5 heteroatoms. The molecule has 0 spiro atoms. The molecule has 2 unspecified atom stereocenters. The molecule has 0 aromatic carbocycles. The standard InChI is InChI=1S/C11H20N4S/c1-9-7-15(3-4-16-9)11(5-12)10-6-13-14(2)8-10/h6,8-9,11H,3-5,7,12H2,1-2H3. The van der Waals surface area contributed by atoms with E-state index in [4.69, 9.17) is 5.73 Å². The van der Waals surface area contributed by atoms with Gasteiger partial charge < -0.3 is 5.73 Å². The molecule has 1 aromatic rings. The van der Waals surface area contributed by atoms with E-state index in [0.29, 0.717) is 17.8 Å². The van der Waals surface area contributed by atoms with Gasteiger partial charge in [-0.2, -0.15) is 16.9 Å². The zero-order valence-electron chi connectivity index (χ0n) is 9.97. The summed E-state index contributed by atoms with van der Waals surface area (Å²) in [6.45, 7) is 5.21. The Bertz CT molecular complexity index is 338. The first kappa shape index (κ1) is 12.0. The molecule has 90 valence electrons. The van der Waals surface area contributed by atoms with Crippen molar-refractivity contribution >= 4 is 11.8 Å². The quantitative estimate of drug-likeness (QED) is 0.851. The average Bonchev–Trinajstić information content (AvgIpc) is 2.66. The van der Waals surface area contributed by atoms with E-state index in [0.717, 1.165) is 13.1 Å². The minimum atomic E-state index is 0.331. The van der Waals surface area contributed by atoms with Crippen LogP contribution in [0, 0.1) is 0 Å². The highest BCUT2D eigenvalue weighted by molar-refractivity contribution is 7.99. The Morgan fingerprint density at radius 3 is 3.06 bits per heavy atom. The van der Waals surface area contributed by atoms with Gasteiger partial charge in [0.1, 0.15) is 0 Å². The first-order valence-corrected chi connectivity index (χ1v) is 6.80. The zero-order chi connectivity index (χ0) is 11.5. The highest BCUT2D eigenvalue weighted by atomic mass is 32.2. The summed E-state index contributed by atoms with van der Waals surface area (Å²) >= 11 is 2.05. The number of aromatic nitrogens is 2. The van der Waals surface area contributed by atoms with E-state index >= 15 is 0 Å².